The minimum absolute atomic E-state index is 0.0922. The van der Waals surface area contributed by atoms with Gasteiger partial charge >= 0.3 is 6.36 Å². The zero-order chi connectivity index (χ0) is 32.1. The van der Waals surface area contributed by atoms with Gasteiger partial charge < -0.3 is 24.6 Å². The predicted octanol–water partition coefficient (Wildman–Crippen LogP) is 7.58. The van der Waals surface area contributed by atoms with E-state index in [9.17, 15) is 23.1 Å². The molecule has 4 rings (SSSR count). The maximum Gasteiger partial charge on any atom is 0.573 e. The fourth-order valence-corrected chi connectivity index (χ4v) is 4.60. The number of alkyl halides is 3. The van der Waals surface area contributed by atoms with E-state index < -0.39 is 18.3 Å². The van der Waals surface area contributed by atoms with Gasteiger partial charge in [-0.05, 0) is 80.9 Å². The fraction of sp³-hybridized carbons (Fsp3) is 0.290. The predicted molar refractivity (Wildman–Crippen MR) is 160 cm³/mol. The number of nitrogens with zero attached hydrogens (tertiary/aromatic N) is 2. The van der Waals surface area contributed by atoms with E-state index in [-0.39, 0.29) is 31.2 Å². The van der Waals surface area contributed by atoms with Crippen LogP contribution in [-0.4, -0.2) is 45.6 Å². The maximum atomic E-state index is 12.6. The second kappa shape index (κ2) is 13.9. The molecule has 44 heavy (non-hydrogen) atoms. The molecule has 2 N–H and O–H groups in total. The zero-order valence-corrected chi connectivity index (χ0v) is 25.5. The molecule has 0 fully saturated rings. The average molecular weight is 652 g/mol. The summed E-state index contributed by atoms with van der Waals surface area (Å²) in [7, 11) is 0. The topological polar surface area (TPSA) is 94.8 Å². The summed E-state index contributed by atoms with van der Waals surface area (Å²) in [5.74, 6) is -0.393. The number of amides is 1. The number of aliphatic hydroxyl groups excluding tert-OH is 1. The van der Waals surface area contributed by atoms with Gasteiger partial charge in [0.1, 0.15) is 12.4 Å². The second-order valence-corrected chi connectivity index (χ2v) is 11.6. The van der Waals surface area contributed by atoms with E-state index in [1.54, 1.807) is 48.5 Å². The Morgan fingerprint density at radius 1 is 0.977 bits per heavy atom. The summed E-state index contributed by atoms with van der Waals surface area (Å²) in [6.07, 6.45) is -5.57. The van der Waals surface area contributed by atoms with Crippen molar-refractivity contribution in [1.29, 1.82) is 0 Å². The maximum absolute atomic E-state index is 12.6. The van der Waals surface area contributed by atoms with Crippen LogP contribution in [0.25, 0.3) is 16.9 Å². The average Bonchev–Trinajstić information content (AvgIpc) is 3.34. The molecular formula is C31H30Cl2F3N3O5. The van der Waals surface area contributed by atoms with Gasteiger partial charge in [-0.1, -0.05) is 35.3 Å². The van der Waals surface area contributed by atoms with Crippen molar-refractivity contribution >= 4 is 29.1 Å². The fourth-order valence-electron chi connectivity index (χ4n) is 4.07. The number of aliphatic hydroxyl groups is 1. The van der Waals surface area contributed by atoms with Crippen molar-refractivity contribution in [1.82, 2.24) is 15.1 Å². The van der Waals surface area contributed by atoms with Gasteiger partial charge in [-0.2, -0.15) is 5.10 Å². The standard InChI is InChI=1S/C31H30Cl2F3N3O5/c1-30(2,3)44-28(40)12-13-37-29(41)20-6-4-19(5-7-20)18-42-27-17-26(21-14-22(32)16-23(33)15-21)38-39(27)24-8-10-25(11-9-24)43-31(34,35)36/h4-11,14-17,28,40H,12-13,18H2,1-3H3,(H,37,41). The molecule has 4 aromatic rings. The molecule has 0 aliphatic heterocycles. The van der Waals surface area contributed by atoms with Gasteiger partial charge in [-0.3, -0.25) is 4.79 Å². The summed E-state index contributed by atoms with van der Waals surface area (Å²) in [6.45, 7) is 5.81. The first-order chi connectivity index (χ1) is 20.6. The third-order valence-electron chi connectivity index (χ3n) is 5.92. The number of aromatic nitrogens is 2. The van der Waals surface area contributed by atoms with Gasteiger partial charge in [-0.25, -0.2) is 4.68 Å². The molecule has 0 spiro atoms. The monoisotopic (exact) mass is 651 g/mol. The van der Waals surface area contributed by atoms with Crippen molar-refractivity contribution in [2.24, 2.45) is 0 Å². The minimum atomic E-state index is -4.82. The molecule has 1 amide bonds. The highest BCUT2D eigenvalue weighted by atomic mass is 35.5. The second-order valence-electron chi connectivity index (χ2n) is 10.7. The summed E-state index contributed by atoms with van der Waals surface area (Å²) in [4.78, 5) is 12.5. The largest absolute Gasteiger partial charge is 0.573 e. The van der Waals surface area contributed by atoms with E-state index in [4.69, 9.17) is 32.7 Å². The van der Waals surface area contributed by atoms with Crippen LogP contribution in [0.2, 0.25) is 10.0 Å². The minimum Gasteiger partial charge on any atom is -0.473 e. The van der Waals surface area contributed by atoms with Gasteiger partial charge in [0.15, 0.2) is 6.29 Å². The Bertz CT molecular complexity index is 1550. The summed E-state index contributed by atoms with van der Waals surface area (Å²) in [6, 6.07) is 18.5. The van der Waals surface area contributed by atoms with Crippen LogP contribution in [0, 0.1) is 0 Å². The van der Waals surface area contributed by atoms with Crippen LogP contribution < -0.4 is 14.8 Å². The molecular weight excluding hydrogens is 622 g/mol. The molecule has 0 saturated carbocycles. The lowest BCUT2D eigenvalue weighted by molar-refractivity contribution is -0.274. The Morgan fingerprint density at radius 2 is 1.61 bits per heavy atom. The molecule has 234 valence electrons. The number of rotatable bonds is 11. The first-order valence-electron chi connectivity index (χ1n) is 13.4. The number of carbonyl (C=O) groups is 1. The van der Waals surface area contributed by atoms with E-state index in [1.807, 2.05) is 20.8 Å². The molecule has 1 aromatic heterocycles. The number of hydrogen-bond donors (Lipinski definition) is 2. The zero-order valence-electron chi connectivity index (χ0n) is 24.0. The van der Waals surface area contributed by atoms with Crippen LogP contribution in [0.3, 0.4) is 0 Å². The smallest absolute Gasteiger partial charge is 0.473 e. The van der Waals surface area contributed by atoms with Crippen molar-refractivity contribution in [3.63, 3.8) is 0 Å². The van der Waals surface area contributed by atoms with E-state index in [0.717, 1.165) is 5.56 Å². The highest BCUT2D eigenvalue weighted by Gasteiger charge is 2.31. The van der Waals surface area contributed by atoms with Crippen molar-refractivity contribution in [3.05, 3.63) is 94.0 Å². The number of halogens is 5. The van der Waals surface area contributed by atoms with Crippen LogP contribution in [0.15, 0.2) is 72.8 Å². The van der Waals surface area contributed by atoms with Crippen molar-refractivity contribution in [2.75, 3.05) is 6.54 Å². The lowest BCUT2D eigenvalue weighted by Gasteiger charge is -2.23. The van der Waals surface area contributed by atoms with E-state index >= 15 is 0 Å². The van der Waals surface area contributed by atoms with Crippen LogP contribution in [0.1, 0.15) is 43.1 Å². The Hall–Kier alpha value is -3.77. The Kier molecular flexibility index (Phi) is 10.5. The number of benzene rings is 3. The number of nitrogens with one attached hydrogen (secondary N) is 1. The number of ether oxygens (including phenoxy) is 3. The lowest BCUT2D eigenvalue weighted by Crippen LogP contribution is -2.32. The molecule has 0 bridgehead atoms. The van der Waals surface area contributed by atoms with Crippen molar-refractivity contribution in [3.8, 4) is 28.6 Å². The Morgan fingerprint density at radius 3 is 2.20 bits per heavy atom. The van der Waals surface area contributed by atoms with Crippen LogP contribution in [0.4, 0.5) is 13.2 Å². The first kappa shape index (κ1) is 33.1. The summed E-state index contributed by atoms with van der Waals surface area (Å²) < 4.78 is 54.8. The summed E-state index contributed by atoms with van der Waals surface area (Å²) >= 11 is 12.3. The normalized spacial score (nSPS) is 12.6. The SMILES string of the molecule is CC(C)(C)OC(O)CCNC(=O)c1ccc(COc2cc(-c3cc(Cl)cc(Cl)c3)nn2-c2ccc(OC(F)(F)F)cc2)cc1. The van der Waals surface area contributed by atoms with Gasteiger partial charge in [0.2, 0.25) is 5.88 Å². The molecule has 3 aromatic carbocycles. The highest BCUT2D eigenvalue weighted by molar-refractivity contribution is 6.35. The van der Waals surface area contributed by atoms with Crippen molar-refractivity contribution < 1.29 is 37.3 Å². The third-order valence-corrected chi connectivity index (χ3v) is 6.36. The third kappa shape index (κ3) is 9.88. The lowest BCUT2D eigenvalue weighted by atomic mass is 10.1. The molecule has 0 aliphatic carbocycles. The Labute approximate surface area is 262 Å². The van der Waals surface area contributed by atoms with Gasteiger partial charge in [0.25, 0.3) is 5.91 Å². The number of carbonyl (C=O) groups excluding carboxylic acids is 1. The molecule has 1 heterocycles. The quantitative estimate of drug-likeness (QED) is 0.162. The molecule has 13 heteroatoms. The van der Waals surface area contributed by atoms with Crippen LogP contribution in [0.5, 0.6) is 11.6 Å². The highest BCUT2D eigenvalue weighted by Crippen LogP contribution is 2.32. The van der Waals surface area contributed by atoms with E-state index in [2.05, 4.69) is 15.2 Å². The van der Waals surface area contributed by atoms with Crippen LogP contribution >= 0.6 is 23.2 Å². The first-order valence-corrected chi connectivity index (χ1v) is 14.2. The van der Waals surface area contributed by atoms with E-state index in [0.29, 0.717) is 38.4 Å². The molecule has 0 aliphatic rings. The summed E-state index contributed by atoms with van der Waals surface area (Å²) in [5, 5.41) is 18.1. The molecule has 0 saturated heterocycles. The summed E-state index contributed by atoms with van der Waals surface area (Å²) in [5.41, 5.74) is 2.15. The Balaban J connectivity index is 1.47. The van der Waals surface area contributed by atoms with Gasteiger partial charge in [0, 0.05) is 40.2 Å². The molecule has 1 unspecified atom stereocenters. The van der Waals surface area contributed by atoms with Gasteiger partial charge in [-0.15, -0.1) is 13.2 Å². The molecule has 8 nitrogen and oxygen atoms in total. The van der Waals surface area contributed by atoms with Gasteiger partial charge in [0.05, 0.1) is 17.0 Å². The van der Waals surface area contributed by atoms with E-state index in [1.165, 1.54) is 28.9 Å². The molecule has 0 radical (unpaired) electrons. The van der Waals surface area contributed by atoms with Crippen LogP contribution in [-0.2, 0) is 11.3 Å². The van der Waals surface area contributed by atoms with Crippen molar-refractivity contribution in [2.45, 2.75) is 52.1 Å². The number of hydrogen-bond acceptors (Lipinski definition) is 6. The molecule has 1 atom stereocenters.